The summed E-state index contributed by atoms with van der Waals surface area (Å²) in [5.41, 5.74) is 1.98. The van der Waals surface area contributed by atoms with Crippen LogP contribution in [0.25, 0.3) is 11.1 Å². The van der Waals surface area contributed by atoms with Crippen LogP contribution in [-0.2, 0) is 6.54 Å². The van der Waals surface area contributed by atoms with Gasteiger partial charge < -0.3 is 0 Å². The van der Waals surface area contributed by atoms with Crippen LogP contribution in [0.1, 0.15) is 13.3 Å². The first kappa shape index (κ1) is 12.2. The maximum Gasteiger partial charge on any atom is 0.270 e. The Morgan fingerprint density at radius 1 is 1.17 bits per heavy atom. The van der Waals surface area contributed by atoms with E-state index in [0.29, 0.717) is 0 Å². The summed E-state index contributed by atoms with van der Waals surface area (Å²) >= 11 is 0. The average molecular weight is 243 g/mol. The predicted molar refractivity (Wildman–Crippen MR) is 69.0 cm³/mol. The number of aromatic nitrogens is 1. The Labute approximate surface area is 106 Å². The third kappa shape index (κ3) is 2.71. The monoisotopic (exact) mass is 243 g/mol. The highest BCUT2D eigenvalue weighted by Crippen LogP contribution is 2.22. The van der Waals surface area contributed by atoms with E-state index in [1.807, 2.05) is 30.6 Å². The van der Waals surface area contributed by atoms with Gasteiger partial charge in [0.2, 0.25) is 0 Å². The van der Waals surface area contributed by atoms with Gasteiger partial charge in [-0.25, -0.2) is 4.57 Å². The Kier molecular flexibility index (Phi) is 3.67. The van der Waals surface area contributed by atoms with Gasteiger partial charge in [-0.15, -0.1) is 0 Å². The van der Waals surface area contributed by atoms with Crippen LogP contribution in [0.5, 0.6) is 0 Å². The first-order valence-corrected chi connectivity index (χ1v) is 5.94. The van der Waals surface area contributed by atoms with Gasteiger partial charge in [-0.3, -0.25) is 10.1 Å². The maximum absolute atomic E-state index is 10.7. The minimum Gasteiger partial charge on any atom is -0.258 e. The molecule has 0 spiro atoms. The smallest absolute Gasteiger partial charge is 0.258 e. The van der Waals surface area contributed by atoms with Crippen LogP contribution < -0.4 is 4.57 Å². The molecule has 4 heteroatoms. The van der Waals surface area contributed by atoms with Gasteiger partial charge >= 0.3 is 0 Å². The molecular formula is C14H15N2O2+. The molecule has 1 heterocycles. The van der Waals surface area contributed by atoms with Crippen molar-refractivity contribution in [2.75, 3.05) is 0 Å². The highest BCUT2D eigenvalue weighted by Gasteiger charge is 2.08. The molecule has 0 saturated heterocycles. The summed E-state index contributed by atoms with van der Waals surface area (Å²) < 4.78 is 2.10. The number of nitrogens with zero attached hydrogens (tertiary/aromatic N) is 2. The van der Waals surface area contributed by atoms with Crippen LogP contribution in [0.3, 0.4) is 0 Å². The molecule has 92 valence electrons. The molecule has 0 unspecified atom stereocenters. The Hall–Kier alpha value is -2.23. The van der Waals surface area contributed by atoms with E-state index in [9.17, 15) is 10.1 Å². The lowest BCUT2D eigenvalue weighted by Crippen LogP contribution is -2.31. The number of nitro groups is 1. The van der Waals surface area contributed by atoms with E-state index in [-0.39, 0.29) is 10.6 Å². The second-order valence-corrected chi connectivity index (χ2v) is 4.13. The molecule has 1 aromatic carbocycles. The number of nitro benzene ring substituents is 1. The van der Waals surface area contributed by atoms with Gasteiger partial charge in [0.1, 0.15) is 6.54 Å². The Bertz CT molecular complexity index is 550. The van der Waals surface area contributed by atoms with Crippen molar-refractivity contribution >= 4 is 5.69 Å². The lowest BCUT2D eigenvalue weighted by Gasteiger charge is -2.01. The summed E-state index contributed by atoms with van der Waals surface area (Å²) in [5, 5.41) is 10.7. The van der Waals surface area contributed by atoms with Gasteiger partial charge in [0.25, 0.3) is 5.69 Å². The van der Waals surface area contributed by atoms with E-state index < -0.39 is 0 Å². The van der Waals surface area contributed by atoms with Crippen LogP contribution in [-0.4, -0.2) is 4.92 Å². The number of hydrogen-bond acceptors (Lipinski definition) is 2. The molecule has 2 rings (SSSR count). The number of rotatable bonds is 4. The number of non-ortho nitro benzene ring substituents is 1. The minimum absolute atomic E-state index is 0.123. The van der Waals surface area contributed by atoms with E-state index in [1.54, 1.807) is 12.1 Å². The van der Waals surface area contributed by atoms with Crippen LogP contribution in [0.2, 0.25) is 0 Å². The van der Waals surface area contributed by atoms with Gasteiger partial charge in [-0.2, -0.15) is 0 Å². The molecular weight excluding hydrogens is 228 g/mol. The highest BCUT2D eigenvalue weighted by molar-refractivity contribution is 5.65. The van der Waals surface area contributed by atoms with Crippen molar-refractivity contribution in [2.24, 2.45) is 0 Å². The van der Waals surface area contributed by atoms with E-state index in [1.165, 1.54) is 6.07 Å². The van der Waals surface area contributed by atoms with Crippen LogP contribution in [0.4, 0.5) is 5.69 Å². The second-order valence-electron chi connectivity index (χ2n) is 4.13. The number of benzene rings is 1. The summed E-state index contributed by atoms with van der Waals surface area (Å²) in [4.78, 5) is 10.4. The molecule has 0 radical (unpaired) electrons. The summed E-state index contributed by atoms with van der Waals surface area (Å²) in [7, 11) is 0. The molecule has 0 aliphatic heterocycles. The summed E-state index contributed by atoms with van der Waals surface area (Å²) in [6.07, 6.45) is 5.08. The van der Waals surface area contributed by atoms with Crippen LogP contribution in [0.15, 0.2) is 48.8 Å². The third-order valence-electron chi connectivity index (χ3n) is 2.76. The molecule has 2 aromatic rings. The van der Waals surface area contributed by atoms with Crippen molar-refractivity contribution in [2.45, 2.75) is 19.9 Å². The number of pyridine rings is 1. The Morgan fingerprint density at radius 2 is 1.89 bits per heavy atom. The van der Waals surface area contributed by atoms with Crippen molar-refractivity contribution in [1.82, 2.24) is 0 Å². The molecule has 0 bridgehead atoms. The summed E-state index contributed by atoms with van der Waals surface area (Å²) in [6.45, 7) is 3.11. The molecule has 0 aliphatic rings. The molecule has 0 N–H and O–H groups in total. The van der Waals surface area contributed by atoms with E-state index in [0.717, 1.165) is 24.1 Å². The average Bonchev–Trinajstić information content (AvgIpc) is 2.40. The van der Waals surface area contributed by atoms with Gasteiger partial charge in [0, 0.05) is 30.7 Å². The molecule has 0 atom stereocenters. The normalized spacial score (nSPS) is 10.3. The number of aryl methyl sites for hydroxylation is 1. The molecule has 1 aromatic heterocycles. The largest absolute Gasteiger partial charge is 0.270 e. The van der Waals surface area contributed by atoms with Crippen LogP contribution >= 0.6 is 0 Å². The fraction of sp³-hybridized carbons (Fsp3) is 0.214. The fourth-order valence-electron chi connectivity index (χ4n) is 1.86. The standard InChI is InChI=1S/C14H15N2O2/c1-2-8-15-9-6-12(7-10-15)13-4-3-5-14(11-13)16(17)18/h3-7,9-11H,2,8H2,1H3/q+1. The Morgan fingerprint density at radius 3 is 2.50 bits per heavy atom. The predicted octanol–water partition coefficient (Wildman–Crippen LogP) is 2.96. The van der Waals surface area contributed by atoms with Crippen molar-refractivity contribution < 1.29 is 9.49 Å². The molecule has 4 nitrogen and oxygen atoms in total. The zero-order chi connectivity index (χ0) is 13.0. The molecule has 0 aliphatic carbocycles. The first-order valence-electron chi connectivity index (χ1n) is 5.94. The zero-order valence-electron chi connectivity index (χ0n) is 10.2. The lowest BCUT2D eigenvalue weighted by atomic mass is 10.1. The Balaban J connectivity index is 2.30. The van der Waals surface area contributed by atoms with E-state index in [2.05, 4.69) is 11.5 Å². The lowest BCUT2D eigenvalue weighted by molar-refractivity contribution is -0.696. The van der Waals surface area contributed by atoms with Crippen LogP contribution in [0, 0.1) is 10.1 Å². The molecule has 0 saturated carbocycles. The van der Waals surface area contributed by atoms with Crippen molar-refractivity contribution in [3.63, 3.8) is 0 Å². The maximum atomic E-state index is 10.7. The second kappa shape index (κ2) is 5.40. The minimum atomic E-state index is -0.371. The SMILES string of the molecule is CCC[n+]1ccc(-c2cccc([N+](=O)[O-])c2)cc1. The van der Waals surface area contributed by atoms with Gasteiger partial charge in [-0.1, -0.05) is 19.1 Å². The quantitative estimate of drug-likeness (QED) is 0.471. The molecule has 18 heavy (non-hydrogen) atoms. The van der Waals surface area contributed by atoms with Gasteiger partial charge in [-0.05, 0) is 11.1 Å². The van der Waals surface area contributed by atoms with Crippen molar-refractivity contribution in [1.29, 1.82) is 0 Å². The fourth-order valence-corrected chi connectivity index (χ4v) is 1.86. The zero-order valence-corrected chi connectivity index (χ0v) is 10.2. The third-order valence-corrected chi connectivity index (χ3v) is 2.76. The summed E-state index contributed by atoms with van der Waals surface area (Å²) in [6, 6.07) is 10.7. The van der Waals surface area contributed by atoms with Crippen molar-refractivity contribution in [3.8, 4) is 11.1 Å². The van der Waals surface area contributed by atoms with Gasteiger partial charge in [0.15, 0.2) is 12.4 Å². The van der Waals surface area contributed by atoms with E-state index in [4.69, 9.17) is 0 Å². The van der Waals surface area contributed by atoms with E-state index >= 15 is 0 Å². The van der Waals surface area contributed by atoms with Gasteiger partial charge in [0.05, 0.1) is 4.92 Å². The molecule has 0 amide bonds. The molecule has 0 fully saturated rings. The summed E-state index contributed by atoms with van der Waals surface area (Å²) in [5.74, 6) is 0. The van der Waals surface area contributed by atoms with Crippen molar-refractivity contribution in [3.05, 3.63) is 58.9 Å². The highest BCUT2D eigenvalue weighted by atomic mass is 16.6. The number of hydrogen-bond donors (Lipinski definition) is 0. The first-order chi connectivity index (χ1) is 8.70. The topological polar surface area (TPSA) is 47.0 Å².